The molecule has 0 saturated heterocycles. The number of fused-ring (bicyclic) bond motifs is 1. The van der Waals surface area contributed by atoms with E-state index in [9.17, 15) is 0 Å². The Morgan fingerprint density at radius 3 is 2.50 bits per heavy atom. The van der Waals surface area contributed by atoms with Gasteiger partial charge in [-0.2, -0.15) is 0 Å². The summed E-state index contributed by atoms with van der Waals surface area (Å²) in [5.74, 6) is 1.56. The van der Waals surface area contributed by atoms with Gasteiger partial charge in [-0.05, 0) is 36.1 Å². The first-order valence-electron chi connectivity index (χ1n) is 4.76. The van der Waals surface area contributed by atoms with Crippen molar-refractivity contribution in [2.45, 2.75) is 18.9 Å². The molecule has 0 unspecified atom stereocenters. The van der Waals surface area contributed by atoms with Gasteiger partial charge in [0, 0.05) is 6.04 Å². The molecule has 3 heteroatoms. The summed E-state index contributed by atoms with van der Waals surface area (Å²) in [5.41, 5.74) is 8.45. The number of hydrogen-bond donors (Lipinski definition) is 1. The molecule has 0 aliphatic heterocycles. The molecule has 2 rings (SSSR count). The average Bonchev–Trinajstić information content (AvgIpc) is 2.58. The lowest BCUT2D eigenvalue weighted by Crippen LogP contribution is -2.05. The SMILES string of the molecule is COc1cc2c(cc1OC)[C@@H](N)CC2. The van der Waals surface area contributed by atoms with Crippen molar-refractivity contribution in [3.63, 3.8) is 0 Å². The number of methoxy groups -OCH3 is 2. The fourth-order valence-corrected chi connectivity index (χ4v) is 1.96. The van der Waals surface area contributed by atoms with Gasteiger partial charge in [-0.3, -0.25) is 0 Å². The number of hydrogen-bond acceptors (Lipinski definition) is 3. The minimum absolute atomic E-state index is 0.157. The summed E-state index contributed by atoms with van der Waals surface area (Å²) in [4.78, 5) is 0. The van der Waals surface area contributed by atoms with Crippen LogP contribution in [0, 0.1) is 0 Å². The summed E-state index contributed by atoms with van der Waals surface area (Å²) in [7, 11) is 3.30. The predicted molar refractivity (Wildman–Crippen MR) is 54.8 cm³/mol. The van der Waals surface area contributed by atoms with Crippen molar-refractivity contribution in [3.05, 3.63) is 23.3 Å². The molecule has 1 aromatic carbocycles. The van der Waals surface area contributed by atoms with E-state index in [0.717, 1.165) is 24.3 Å². The van der Waals surface area contributed by atoms with Gasteiger partial charge in [0.25, 0.3) is 0 Å². The van der Waals surface area contributed by atoms with Crippen LogP contribution < -0.4 is 15.2 Å². The molecular formula is C11H15NO2. The highest BCUT2D eigenvalue weighted by molar-refractivity contribution is 5.50. The minimum Gasteiger partial charge on any atom is -0.493 e. The minimum atomic E-state index is 0.157. The number of ether oxygens (including phenoxy) is 2. The molecular weight excluding hydrogens is 178 g/mol. The molecule has 1 aromatic rings. The van der Waals surface area contributed by atoms with Crippen molar-refractivity contribution in [2.75, 3.05) is 14.2 Å². The van der Waals surface area contributed by atoms with Crippen molar-refractivity contribution in [2.24, 2.45) is 5.73 Å². The monoisotopic (exact) mass is 193 g/mol. The Labute approximate surface area is 83.8 Å². The predicted octanol–water partition coefficient (Wildman–Crippen LogP) is 1.65. The van der Waals surface area contributed by atoms with Gasteiger partial charge in [0.1, 0.15) is 0 Å². The van der Waals surface area contributed by atoms with E-state index < -0.39 is 0 Å². The lowest BCUT2D eigenvalue weighted by molar-refractivity contribution is 0.354. The second-order valence-corrected chi connectivity index (χ2v) is 3.55. The van der Waals surface area contributed by atoms with Gasteiger partial charge in [0.2, 0.25) is 0 Å². The van der Waals surface area contributed by atoms with Crippen molar-refractivity contribution in [3.8, 4) is 11.5 Å². The zero-order chi connectivity index (χ0) is 10.1. The Morgan fingerprint density at radius 1 is 1.21 bits per heavy atom. The van der Waals surface area contributed by atoms with Crippen molar-refractivity contribution in [1.29, 1.82) is 0 Å². The maximum atomic E-state index is 5.97. The zero-order valence-corrected chi connectivity index (χ0v) is 8.54. The second kappa shape index (κ2) is 3.50. The molecule has 3 nitrogen and oxygen atoms in total. The van der Waals surface area contributed by atoms with E-state index in [-0.39, 0.29) is 6.04 Å². The fraction of sp³-hybridized carbons (Fsp3) is 0.455. The first-order valence-corrected chi connectivity index (χ1v) is 4.76. The molecule has 0 saturated carbocycles. The molecule has 0 spiro atoms. The van der Waals surface area contributed by atoms with E-state index >= 15 is 0 Å². The molecule has 76 valence electrons. The largest absolute Gasteiger partial charge is 0.493 e. The summed E-state index contributed by atoms with van der Waals surface area (Å²) < 4.78 is 10.5. The van der Waals surface area contributed by atoms with Gasteiger partial charge in [-0.15, -0.1) is 0 Å². The number of aryl methyl sites for hydroxylation is 1. The van der Waals surface area contributed by atoms with Crippen molar-refractivity contribution >= 4 is 0 Å². The molecule has 0 bridgehead atoms. The van der Waals surface area contributed by atoms with Crippen LogP contribution in [0.3, 0.4) is 0 Å². The van der Waals surface area contributed by atoms with Crippen LogP contribution in [-0.2, 0) is 6.42 Å². The highest BCUT2D eigenvalue weighted by Crippen LogP contribution is 2.38. The zero-order valence-electron chi connectivity index (χ0n) is 8.54. The Balaban J connectivity index is 2.49. The molecule has 0 aromatic heterocycles. The van der Waals surface area contributed by atoms with Crippen LogP contribution in [0.2, 0.25) is 0 Å². The van der Waals surface area contributed by atoms with Gasteiger partial charge in [-0.1, -0.05) is 0 Å². The molecule has 0 fully saturated rings. The van der Waals surface area contributed by atoms with E-state index in [4.69, 9.17) is 15.2 Å². The third-order valence-electron chi connectivity index (χ3n) is 2.77. The third-order valence-corrected chi connectivity index (χ3v) is 2.77. The maximum absolute atomic E-state index is 5.97. The van der Waals surface area contributed by atoms with E-state index in [0.29, 0.717) is 0 Å². The second-order valence-electron chi connectivity index (χ2n) is 3.55. The van der Waals surface area contributed by atoms with Crippen LogP contribution in [0.15, 0.2) is 12.1 Å². The lowest BCUT2D eigenvalue weighted by atomic mass is 10.1. The van der Waals surface area contributed by atoms with Crippen LogP contribution >= 0.6 is 0 Å². The molecule has 1 aliphatic rings. The fourth-order valence-electron chi connectivity index (χ4n) is 1.96. The lowest BCUT2D eigenvalue weighted by Gasteiger charge is -2.11. The van der Waals surface area contributed by atoms with E-state index in [2.05, 4.69) is 0 Å². The van der Waals surface area contributed by atoms with Gasteiger partial charge in [0.15, 0.2) is 11.5 Å². The Hall–Kier alpha value is -1.22. The smallest absolute Gasteiger partial charge is 0.161 e. The molecule has 2 N–H and O–H groups in total. The topological polar surface area (TPSA) is 44.5 Å². The van der Waals surface area contributed by atoms with E-state index in [1.54, 1.807) is 14.2 Å². The summed E-state index contributed by atoms with van der Waals surface area (Å²) in [5, 5.41) is 0. The summed E-state index contributed by atoms with van der Waals surface area (Å²) >= 11 is 0. The van der Waals surface area contributed by atoms with Gasteiger partial charge in [0.05, 0.1) is 14.2 Å². The Kier molecular flexibility index (Phi) is 2.33. The number of benzene rings is 1. The maximum Gasteiger partial charge on any atom is 0.161 e. The molecule has 1 atom stereocenters. The van der Waals surface area contributed by atoms with Gasteiger partial charge < -0.3 is 15.2 Å². The molecule has 0 amide bonds. The average molecular weight is 193 g/mol. The first kappa shape index (κ1) is 9.34. The first-order chi connectivity index (χ1) is 6.76. The van der Waals surface area contributed by atoms with Crippen molar-refractivity contribution < 1.29 is 9.47 Å². The van der Waals surface area contributed by atoms with Crippen LogP contribution in [-0.4, -0.2) is 14.2 Å². The van der Waals surface area contributed by atoms with Crippen molar-refractivity contribution in [1.82, 2.24) is 0 Å². The molecule has 14 heavy (non-hydrogen) atoms. The Bertz CT molecular complexity index is 349. The number of nitrogens with two attached hydrogens (primary N) is 1. The summed E-state index contributed by atoms with van der Waals surface area (Å²) in [6.45, 7) is 0. The highest BCUT2D eigenvalue weighted by atomic mass is 16.5. The Morgan fingerprint density at radius 2 is 1.86 bits per heavy atom. The quantitative estimate of drug-likeness (QED) is 0.776. The highest BCUT2D eigenvalue weighted by Gasteiger charge is 2.21. The van der Waals surface area contributed by atoms with Crippen LogP contribution in [0.25, 0.3) is 0 Å². The normalized spacial score (nSPS) is 19.2. The van der Waals surface area contributed by atoms with Crippen LogP contribution in [0.4, 0.5) is 0 Å². The standard InChI is InChI=1S/C11H15NO2/c1-13-10-5-7-3-4-9(12)8(7)6-11(10)14-2/h5-6,9H,3-4,12H2,1-2H3/t9-/m0/s1. The third kappa shape index (κ3) is 1.34. The molecule has 0 heterocycles. The van der Waals surface area contributed by atoms with Crippen LogP contribution in [0.5, 0.6) is 11.5 Å². The summed E-state index contributed by atoms with van der Waals surface area (Å²) in [6, 6.07) is 4.18. The number of rotatable bonds is 2. The van der Waals surface area contributed by atoms with E-state index in [1.807, 2.05) is 12.1 Å². The molecule has 0 radical (unpaired) electrons. The molecule has 1 aliphatic carbocycles. The summed E-state index contributed by atoms with van der Waals surface area (Å²) in [6.07, 6.45) is 2.06. The van der Waals surface area contributed by atoms with E-state index in [1.165, 1.54) is 11.1 Å². The van der Waals surface area contributed by atoms with Gasteiger partial charge in [-0.25, -0.2) is 0 Å². The van der Waals surface area contributed by atoms with Crippen LogP contribution in [0.1, 0.15) is 23.6 Å². The van der Waals surface area contributed by atoms with Gasteiger partial charge >= 0.3 is 0 Å².